The van der Waals surface area contributed by atoms with Crippen LogP contribution in [0.1, 0.15) is 13.3 Å². The Bertz CT molecular complexity index is 476. The molecule has 0 spiro atoms. The molecule has 1 atom stereocenters. The molecule has 1 fully saturated rings. The van der Waals surface area contributed by atoms with E-state index in [9.17, 15) is 9.59 Å². The second-order valence-corrected chi connectivity index (χ2v) is 5.67. The van der Waals surface area contributed by atoms with Crippen LogP contribution in [-0.2, 0) is 9.59 Å². The van der Waals surface area contributed by atoms with Gasteiger partial charge in [-0.1, -0.05) is 0 Å². The fourth-order valence-corrected chi connectivity index (χ4v) is 2.91. The maximum Gasteiger partial charge on any atom is 0.233 e. The maximum atomic E-state index is 11.9. The number of nitrogens with one attached hydrogen (secondary N) is 2. The largest absolute Gasteiger partial charge is 0.494 e. The van der Waals surface area contributed by atoms with Gasteiger partial charge in [0.1, 0.15) is 5.75 Å². The van der Waals surface area contributed by atoms with Gasteiger partial charge in [-0.2, -0.15) is 0 Å². The normalized spacial score (nSPS) is 18.2. The fraction of sp³-hybridized carbons (Fsp3) is 0.429. The van der Waals surface area contributed by atoms with Crippen molar-refractivity contribution in [2.75, 3.05) is 24.2 Å². The number of carbonyl (C=O) groups excluding carboxylic acids is 2. The zero-order valence-corrected chi connectivity index (χ0v) is 12.2. The van der Waals surface area contributed by atoms with Crippen LogP contribution >= 0.6 is 11.8 Å². The molecule has 1 saturated heterocycles. The molecule has 0 saturated carbocycles. The van der Waals surface area contributed by atoms with Crippen molar-refractivity contribution in [3.63, 3.8) is 0 Å². The Kier molecular flexibility index (Phi) is 5.29. The van der Waals surface area contributed by atoms with Gasteiger partial charge in [-0.15, -0.1) is 11.8 Å². The van der Waals surface area contributed by atoms with Gasteiger partial charge in [-0.3, -0.25) is 9.59 Å². The molecule has 0 bridgehead atoms. The van der Waals surface area contributed by atoms with Crippen LogP contribution in [0.5, 0.6) is 5.75 Å². The summed E-state index contributed by atoms with van der Waals surface area (Å²) in [4.78, 5) is 23.5. The Morgan fingerprint density at radius 2 is 2.20 bits per heavy atom. The van der Waals surface area contributed by atoms with E-state index in [0.29, 0.717) is 18.8 Å². The third-order valence-corrected chi connectivity index (χ3v) is 4.06. The zero-order chi connectivity index (χ0) is 14.4. The summed E-state index contributed by atoms with van der Waals surface area (Å²) in [6.07, 6.45) is 0.198. The third-order valence-electron chi connectivity index (χ3n) is 2.83. The second-order valence-electron chi connectivity index (χ2n) is 4.36. The first-order valence-electron chi connectivity index (χ1n) is 6.61. The first-order chi connectivity index (χ1) is 9.69. The lowest BCUT2D eigenvalue weighted by Gasteiger charge is -2.20. The number of rotatable bonds is 5. The number of thioether (sulfide) groups is 1. The fourth-order valence-electron chi connectivity index (χ4n) is 1.90. The van der Waals surface area contributed by atoms with E-state index in [1.54, 1.807) is 24.3 Å². The highest BCUT2D eigenvalue weighted by atomic mass is 32.2. The molecule has 5 nitrogen and oxygen atoms in total. The van der Waals surface area contributed by atoms with Crippen LogP contribution in [0.25, 0.3) is 0 Å². The lowest BCUT2D eigenvalue weighted by Crippen LogP contribution is -2.40. The van der Waals surface area contributed by atoms with Gasteiger partial charge in [-0.25, -0.2) is 0 Å². The first kappa shape index (κ1) is 14.7. The lowest BCUT2D eigenvalue weighted by atomic mass is 10.2. The molecule has 0 radical (unpaired) electrons. The molecule has 1 aromatic rings. The summed E-state index contributed by atoms with van der Waals surface area (Å²) in [6.45, 7) is 3.21. The van der Waals surface area contributed by atoms with Gasteiger partial charge in [0.25, 0.3) is 0 Å². The van der Waals surface area contributed by atoms with E-state index in [1.165, 1.54) is 11.8 Å². The summed E-state index contributed by atoms with van der Waals surface area (Å²) in [7, 11) is 0. The van der Waals surface area contributed by atoms with Crippen LogP contribution in [0.4, 0.5) is 5.69 Å². The topological polar surface area (TPSA) is 67.4 Å². The van der Waals surface area contributed by atoms with E-state index in [2.05, 4.69) is 10.6 Å². The van der Waals surface area contributed by atoms with Gasteiger partial charge in [0.2, 0.25) is 11.8 Å². The number of ether oxygens (including phenoxy) is 1. The predicted molar refractivity (Wildman–Crippen MR) is 80.1 cm³/mol. The molecule has 0 aromatic heterocycles. The molecule has 1 aliphatic rings. The van der Waals surface area contributed by atoms with Crippen molar-refractivity contribution in [3.8, 4) is 5.75 Å². The Morgan fingerprint density at radius 3 is 2.85 bits per heavy atom. The quantitative estimate of drug-likeness (QED) is 0.866. The number of anilines is 1. The maximum absolute atomic E-state index is 11.9. The minimum absolute atomic E-state index is 0.0527. The molecule has 2 amide bonds. The highest BCUT2D eigenvalue weighted by Crippen LogP contribution is 2.20. The lowest BCUT2D eigenvalue weighted by molar-refractivity contribution is -0.123. The van der Waals surface area contributed by atoms with Crippen molar-refractivity contribution < 1.29 is 14.3 Å². The average Bonchev–Trinajstić information content (AvgIpc) is 2.44. The Morgan fingerprint density at radius 1 is 1.45 bits per heavy atom. The van der Waals surface area contributed by atoms with Crippen LogP contribution in [0.15, 0.2) is 24.3 Å². The Balaban J connectivity index is 1.85. The molecular weight excluding hydrogens is 276 g/mol. The Labute approximate surface area is 122 Å². The molecule has 1 aliphatic heterocycles. The molecule has 1 unspecified atom stereocenters. The van der Waals surface area contributed by atoms with Gasteiger partial charge >= 0.3 is 0 Å². The molecule has 6 heteroatoms. The van der Waals surface area contributed by atoms with Gasteiger partial charge in [-0.05, 0) is 31.2 Å². The number of hydrogen-bond acceptors (Lipinski definition) is 4. The van der Waals surface area contributed by atoms with Crippen LogP contribution in [0.2, 0.25) is 0 Å². The highest BCUT2D eigenvalue weighted by molar-refractivity contribution is 8.00. The minimum atomic E-state index is -0.286. The van der Waals surface area contributed by atoms with E-state index < -0.39 is 0 Å². The number of amides is 2. The summed E-state index contributed by atoms with van der Waals surface area (Å²) in [6, 6.07) is 7.19. The average molecular weight is 294 g/mol. The van der Waals surface area contributed by atoms with E-state index in [1.807, 2.05) is 6.92 Å². The molecule has 20 heavy (non-hydrogen) atoms. The van der Waals surface area contributed by atoms with Crippen LogP contribution < -0.4 is 15.4 Å². The minimum Gasteiger partial charge on any atom is -0.494 e. The van der Waals surface area contributed by atoms with Gasteiger partial charge in [0.05, 0.1) is 11.9 Å². The molecule has 2 N–H and O–H groups in total. The van der Waals surface area contributed by atoms with Crippen LogP contribution in [0, 0.1) is 0 Å². The monoisotopic (exact) mass is 294 g/mol. The zero-order valence-electron chi connectivity index (χ0n) is 11.3. The van der Waals surface area contributed by atoms with E-state index in [4.69, 9.17) is 4.74 Å². The molecule has 0 aliphatic carbocycles. The van der Waals surface area contributed by atoms with Crippen LogP contribution in [0.3, 0.4) is 0 Å². The Hall–Kier alpha value is -1.69. The summed E-state index contributed by atoms with van der Waals surface area (Å²) in [5.41, 5.74) is 0.708. The summed E-state index contributed by atoms with van der Waals surface area (Å²) in [5.74, 6) is 1.42. The summed E-state index contributed by atoms with van der Waals surface area (Å²) < 4.78 is 5.33. The number of hydrogen-bond donors (Lipinski definition) is 2. The number of benzene rings is 1. The van der Waals surface area contributed by atoms with Crippen LogP contribution in [-0.4, -0.2) is 36.0 Å². The standard InChI is InChI=1S/C14H18N2O3S/c1-2-19-11-5-3-10(4-6-11)16-13(17)9-12-14(18)15-7-8-20-12/h3-6,12H,2,7-9H2,1H3,(H,15,18)(H,16,17). The van der Waals surface area contributed by atoms with Crippen molar-refractivity contribution in [3.05, 3.63) is 24.3 Å². The van der Waals surface area contributed by atoms with E-state index >= 15 is 0 Å². The highest BCUT2D eigenvalue weighted by Gasteiger charge is 2.25. The van der Waals surface area contributed by atoms with Gasteiger partial charge in [0, 0.05) is 24.4 Å². The molecular formula is C14H18N2O3S. The van der Waals surface area contributed by atoms with Crippen molar-refractivity contribution in [1.82, 2.24) is 5.32 Å². The first-order valence-corrected chi connectivity index (χ1v) is 7.66. The predicted octanol–water partition coefficient (Wildman–Crippen LogP) is 1.65. The second kappa shape index (κ2) is 7.19. The van der Waals surface area contributed by atoms with Crippen molar-refractivity contribution in [1.29, 1.82) is 0 Å². The van der Waals surface area contributed by atoms with E-state index in [0.717, 1.165) is 11.5 Å². The molecule has 1 heterocycles. The smallest absolute Gasteiger partial charge is 0.233 e. The summed E-state index contributed by atoms with van der Waals surface area (Å²) >= 11 is 1.53. The molecule has 1 aromatic carbocycles. The third kappa shape index (κ3) is 4.16. The van der Waals surface area contributed by atoms with Crippen molar-refractivity contribution >= 4 is 29.3 Å². The van der Waals surface area contributed by atoms with Crippen molar-refractivity contribution in [2.24, 2.45) is 0 Å². The van der Waals surface area contributed by atoms with Crippen molar-refractivity contribution in [2.45, 2.75) is 18.6 Å². The molecule has 2 rings (SSSR count). The molecule has 108 valence electrons. The number of carbonyl (C=O) groups is 2. The van der Waals surface area contributed by atoms with Gasteiger partial charge in [0.15, 0.2) is 0 Å². The SMILES string of the molecule is CCOc1ccc(NC(=O)CC2SCCNC2=O)cc1. The van der Waals surface area contributed by atoms with E-state index in [-0.39, 0.29) is 23.5 Å². The summed E-state index contributed by atoms with van der Waals surface area (Å²) in [5, 5.41) is 5.27. The van der Waals surface area contributed by atoms with Gasteiger partial charge < -0.3 is 15.4 Å².